The number of hydrogen-bond donors (Lipinski definition) is 0. The van der Waals surface area contributed by atoms with Crippen LogP contribution in [0.2, 0.25) is 0 Å². The Balaban J connectivity index is 2.00. The number of para-hydroxylation sites is 1. The van der Waals surface area contributed by atoms with Crippen LogP contribution in [-0.4, -0.2) is 17.4 Å². The van der Waals surface area contributed by atoms with E-state index < -0.39 is 0 Å². The van der Waals surface area contributed by atoms with Crippen LogP contribution in [0.25, 0.3) is 10.2 Å². The Hall–Kier alpha value is -2.20. The normalized spacial score (nSPS) is 10.9. The molecule has 0 saturated heterocycles. The SMILES string of the molecule is CCN(C(=O)c1cc(C)cc(C)c1)c1nc2ccccc2s1. The molecule has 1 amide bonds. The first-order valence-electron chi connectivity index (χ1n) is 7.34. The molecule has 0 spiro atoms. The summed E-state index contributed by atoms with van der Waals surface area (Å²) >= 11 is 1.56. The fraction of sp³-hybridized carbons (Fsp3) is 0.222. The molecule has 4 heteroatoms. The molecular formula is C18H18N2OS. The van der Waals surface area contributed by atoms with Crippen LogP contribution in [0.1, 0.15) is 28.4 Å². The van der Waals surface area contributed by atoms with Gasteiger partial charge >= 0.3 is 0 Å². The number of anilines is 1. The molecule has 0 unspecified atom stereocenters. The number of carbonyl (C=O) groups is 1. The largest absolute Gasteiger partial charge is 0.284 e. The van der Waals surface area contributed by atoms with Gasteiger partial charge in [-0.2, -0.15) is 0 Å². The van der Waals surface area contributed by atoms with Gasteiger partial charge in [-0.1, -0.05) is 40.7 Å². The first-order valence-corrected chi connectivity index (χ1v) is 8.16. The number of aryl methyl sites for hydroxylation is 2. The van der Waals surface area contributed by atoms with Crippen LogP contribution in [0.5, 0.6) is 0 Å². The van der Waals surface area contributed by atoms with E-state index in [2.05, 4.69) is 11.1 Å². The van der Waals surface area contributed by atoms with Gasteiger partial charge in [0.05, 0.1) is 10.2 Å². The highest BCUT2D eigenvalue weighted by molar-refractivity contribution is 7.22. The predicted molar refractivity (Wildman–Crippen MR) is 92.9 cm³/mol. The van der Waals surface area contributed by atoms with Crippen LogP contribution < -0.4 is 4.90 Å². The molecular weight excluding hydrogens is 292 g/mol. The summed E-state index contributed by atoms with van der Waals surface area (Å²) in [7, 11) is 0. The average molecular weight is 310 g/mol. The monoisotopic (exact) mass is 310 g/mol. The summed E-state index contributed by atoms with van der Waals surface area (Å²) in [5, 5.41) is 0.757. The average Bonchev–Trinajstić information content (AvgIpc) is 2.90. The van der Waals surface area contributed by atoms with Gasteiger partial charge in [-0.15, -0.1) is 0 Å². The van der Waals surface area contributed by atoms with E-state index in [1.165, 1.54) is 0 Å². The van der Waals surface area contributed by atoms with Gasteiger partial charge < -0.3 is 0 Å². The zero-order valence-corrected chi connectivity index (χ0v) is 13.8. The standard InChI is InChI=1S/C18H18N2OS/c1-4-20(17(21)14-10-12(2)9-13(3)11-14)18-19-15-7-5-6-8-16(15)22-18/h5-11H,4H2,1-3H3. The van der Waals surface area contributed by atoms with E-state index in [1.54, 1.807) is 16.2 Å². The third kappa shape index (κ3) is 2.74. The van der Waals surface area contributed by atoms with Gasteiger partial charge in [0.25, 0.3) is 5.91 Å². The molecule has 3 aromatic rings. The summed E-state index contributed by atoms with van der Waals surface area (Å²) in [6.07, 6.45) is 0. The van der Waals surface area contributed by atoms with E-state index in [0.29, 0.717) is 6.54 Å². The maximum absolute atomic E-state index is 12.9. The van der Waals surface area contributed by atoms with E-state index in [-0.39, 0.29) is 5.91 Å². The maximum Gasteiger partial charge on any atom is 0.260 e. The van der Waals surface area contributed by atoms with E-state index >= 15 is 0 Å². The van der Waals surface area contributed by atoms with Crippen LogP contribution in [0, 0.1) is 13.8 Å². The molecule has 0 saturated carbocycles. The van der Waals surface area contributed by atoms with Crippen molar-refractivity contribution in [2.75, 3.05) is 11.4 Å². The minimum absolute atomic E-state index is 0.00774. The summed E-state index contributed by atoms with van der Waals surface area (Å²) in [6.45, 7) is 6.60. The second-order valence-corrected chi connectivity index (χ2v) is 6.40. The number of nitrogens with zero attached hydrogens (tertiary/aromatic N) is 2. The van der Waals surface area contributed by atoms with Gasteiger partial charge in [-0.05, 0) is 45.0 Å². The van der Waals surface area contributed by atoms with Crippen LogP contribution >= 0.6 is 11.3 Å². The molecule has 22 heavy (non-hydrogen) atoms. The highest BCUT2D eigenvalue weighted by Gasteiger charge is 2.20. The van der Waals surface area contributed by atoms with Gasteiger partial charge in [0.15, 0.2) is 5.13 Å². The molecule has 112 valence electrons. The Bertz CT molecular complexity index is 785. The molecule has 0 radical (unpaired) electrons. The molecule has 3 rings (SSSR count). The smallest absolute Gasteiger partial charge is 0.260 e. The Morgan fingerprint density at radius 3 is 2.45 bits per heavy atom. The van der Waals surface area contributed by atoms with E-state index in [9.17, 15) is 4.79 Å². The molecule has 3 nitrogen and oxygen atoms in total. The van der Waals surface area contributed by atoms with E-state index in [1.807, 2.05) is 57.2 Å². The Morgan fingerprint density at radius 1 is 1.14 bits per heavy atom. The number of fused-ring (bicyclic) bond motifs is 1. The number of carbonyl (C=O) groups excluding carboxylic acids is 1. The zero-order valence-electron chi connectivity index (χ0n) is 13.0. The number of aromatic nitrogens is 1. The topological polar surface area (TPSA) is 33.2 Å². The number of thiazole rings is 1. The summed E-state index contributed by atoms with van der Waals surface area (Å²) in [4.78, 5) is 19.2. The lowest BCUT2D eigenvalue weighted by atomic mass is 10.1. The first-order chi connectivity index (χ1) is 10.6. The summed E-state index contributed by atoms with van der Waals surface area (Å²) < 4.78 is 1.10. The van der Waals surface area contributed by atoms with Crippen molar-refractivity contribution in [2.45, 2.75) is 20.8 Å². The Kier molecular flexibility index (Phi) is 3.94. The highest BCUT2D eigenvalue weighted by atomic mass is 32.1. The molecule has 0 atom stereocenters. The second kappa shape index (κ2) is 5.89. The van der Waals surface area contributed by atoms with Gasteiger partial charge in [0.2, 0.25) is 0 Å². The molecule has 1 aromatic heterocycles. The quantitative estimate of drug-likeness (QED) is 0.709. The van der Waals surface area contributed by atoms with Crippen molar-refractivity contribution in [3.63, 3.8) is 0 Å². The lowest BCUT2D eigenvalue weighted by Gasteiger charge is -2.18. The van der Waals surface area contributed by atoms with Crippen molar-refractivity contribution >= 4 is 32.6 Å². The molecule has 1 heterocycles. The summed E-state index contributed by atoms with van der Waals surface area (Å²) in [5.41, 5.74) is 3.86. The number of amides is 1. The van der Waals surface area contributed by atoms with Crippen molar-refractivity contribution in [1.82, 2.24) is 4.98 Å². The molecule has 0 bridgehead atoms. The van der Waals surface area contributed by atoms with Gasteiger partial charge in [0.1, 0.15) is 0 Å². The minimum atomic E-state index is 0.00774. The third-order valence-corrected chi connectivity index (χ3v) is 4.60. The van der Waals surface area contributed by atoms with Crippen molar-refractivity contribution in [3.8, 4) is 0 Å². The molecule has 0 fully saturated rings. The first kappa shape index (κ1) is 14.7. The second-order valence-electron chi connectivity index (χ2n) is 5.39. The van der Waals surface area contributed by atoms with Crippen molar-refractivity contribution in [1.29, 1.82) is 0 Å². The van der Waals surface area contributed by atoms with Crippen LogP contribution in [0.3, 0.4) is 0 Å². The Morgan fingerprint density at radius 2 is 1.82 bits per heavy atom. The van der Waals surface area contributed by atoms with Crippen LogP contribution in [-0.2, 0) is 0 Å². The number of rotatable bonds is 3. The number of benzene rings is 2. The van der Waals surface area contributed by atoms with Gasteiger partial charge in [-0.3, -0.25) is 9.69 Å². The predicted octanol–water partition coefficient (Wildman–Crippen LogP) is 4.58. The summed E-state index contributed by atoms with van der Waals surface area (Å²) in [5.74, 6) is 0.00774. The minimum Gasteiger partial charge on any atom is -0.284 e. The van der Waals surface area contributed by atoms with E-state index in [0.717, 1.165) is 32.0 Å². The van der Waals surface area contributed by atoms with E-state index in [4.69, 9.17) is 0 Å². The van der Waals surface area contributed by atoms with Gasteiger partial charge in [0, 0.05) is 12.1 Å². The van der Waals surface area contributed by atoms with Crippen molar-refractivity contribution in [2.24, 2.45) is 0 Å². The van der Waals surface area contributed by atoms with Crippen molar-refractivity contribution in [3.05, 3.63) is 59.2 Å². The lowest BCUT2D eigenvalue weighted by molar-refractivity contribution is 0.0988. The molecule has 0 aliphatic heterocycles. The van der Waals surface area contributed by atoms with Crippen molar-refractivity contribution < 1.29 is 4.79 Å². The fourth-order valence-electron chi connectivity index (χ4n) is 2.60. The lowest BCUT2D eigenvalue weighted by Crippen LogP contribution is -2.30. The molecule has 0 N–H and O–H groups in total. The highest BCUT2D eigenvalue weighted by Crippen LogP contribution is 2.29. The van der Waals surface area contributed by atoms with Crippen LogP contribution in [0.15, 0.2) is 42.5 Å². The van der Waals surface area contributed by atoms with Gasteiger partial charge in [-0.25, -0.2) is 4.98 Å². The Labute approximate surface area is 134 Å². The van der Waals surface area contributed by atoms with Crippen LogP contribution in [0.4, 0.5) is 5.13 Å². The number of hydrogen-bond acceptors (Lipinski definition) is 3. The zero-order chi connectivity index (χ0) is 15.7. The summed E-state index contributed by atoms with van der Waals surface area (Å²) in [6, 6.07) is 13.9. The molecule has 0 aliphatic carbocycles. The maximum atomic E-state index is 12.9. The molecule has 0 aliphatic rings. The fourth-order valence-corrected chi connectivity index (χ4v) is 3.62. The molecule has 2 aromatic carbocycles. The third-order valence-electron chi connectivity index (χ3n) is 3.54.